The number of rotatable bonds is 2. The summed E-state index contributed by atoms with van der Waals surface area (Å²) in [5, 5.41) is 11.8. The van der Waals surface area contributed by atoms with Gasteiger partial charge in [0.1, 0.15) is 5.82 Å². The predicted octanol–water partition coefficient (Wildman–Crippen LogP) is 3.32. The molecule has 0 radical (unpaired) electrons. The largest absolute Gasteiger partial charge is 0.391 e. The third kappa shape index (κ3) is 2.87. The van der Waals surface area contributed by atoms with E-state index in [0.717, 1.165) is 16.3 Å². The van der Waals surface area contributed by atoms with E-state index in [0.29, 0.717) is 12.0 Å². The molecule has 1 aromatic heterocycles. The molecule has 0 aliphatic carbocycles. The second kappa shape index (κ2) is 6.26. The number of halogens is 1. The van der Waals surface area contributed by atoms with Crippen LogP contribution < -0.4 is 0 Å². The topological polar surface area (TPSA) is 53.4 Å². The van der Waals surface area contributed by atoms with Crippen LogP contribution in [0.3, 0.4) is 0 Å². The minimum absolute atomic E-state index is 0.171. The third-order valence-corrected chi connectivity index (χ3v) is 4.69. The van der Waals surface area contributed by atoms with Gasteiger partial charge in [-0.15, -0.1) is 0 Å². The zero-order valence-corrected chi connectivity index (χ0v) is 13.5. The average molecular weight is 336 g/mol. The fraction of sp³-hybridized carbons (Fsp3) is 0.200. The molecule has 4 nitrogen and oxygen atoms in total. The summed E-state index contributed by atoms with van der Waals surface area (Å²) >= 11 is 0. The molecule has 3 aromatic rings. The van der Waals surface area contributed by atoms with Crippen LogP contribution in [0.5, 0.6) is 0 Å². The summed E-state index contributed by atoms with van der Waals surface area (Å²) in [6.07, 6.45) is 3.14. The summed E-state index contributed by atoms with van der Waals surface area (Å²) in [5.41, 5.74) is 1.33. The molecule has 25 heavy (non-hydrogen) atoms. The van der Waals surface area contributed by atoms with Gasteiger partial charge >= 0.3 is 0 Å². The maximum absolute atomic E-state index is 13.2. The minimum Gasteiger partial charge on any atom is -0.391 e. The normalized spacial score (nSPS) is 20.2. The lowest BCUT2D eigenvalue weighted by Crippen LogP contribution is -2.32. The lowest BCUT2D eigenvalue weighted by molar-refractivity contribution is 0.0717. The Morgan fingerprint density at radius 2 is 1.88 bits per heavy atom. The summed E-state index contributed by atoms with van der Waals surface area (Å²) in [7, 11) is 0. The number of likely N-dealkylation sites (tertiary alicyclic amines) is 1. The lowest BCUT2D eigenvalue weighted by Gasteiger charge is -2.25. The Labute approximate surface area is 144 Å². The van der Waals surface area contributed by atoms with Gasteiger partial charge in [-0.25, -0.2) is 4.39 Å². The summed E-state index contributed by atoms with van der Waals surface area (Å²) in [6.45, 7) is 0.254. The van der Waals surface area contributed by atoms with Crippen LogP contribution in [-0.4, -0.2) is 33.5 Å². The number of aromatic nitrogens is 1. The van der Waals surface area contributed by atoms with Crippen LogP contribution in [0.1, 0.15) is 28.4 Å². The van der Waals surface area contributed by atoms with Gasteiger partial charge in [0, 0.05) is 24.3 Å². The van der Waals surface area contributed by atoms with Gasteiger partial charge in [0.25, 0.3) is 5.91 Å². The van der Waals surface area contributed by atoms with E-state index in [4.69, 9.17) is 0 Å². The van der Waals surface area contributed by atoms with Crippen LogP contribution in [0.15, 0.2) is 60.9 Å². The van der Waals surface area contributed by atoms with E-state index in [1.807, 2.05) is 24.3 Å². The van der Waals surface area contributed by atoms with Crippen LogP contribution in [-0.2, 0) is 0 Å². The number of pyridine rings is 1. The molecule has 1 aliphatic heterocycles. The zero-order chi connectivity index (χ0) is 17.4. The molecule has 0 spiro atoms. The van der Waals surface area contributed by atoms with E-state index in [1.54, 1.807) is 29.4 Å². The van der Waals surface area contributed by atoms with Crippen molar-refractivity contribution in [1.82, 2.24) is 9.88 Å². The quantitative estimate of drug-likeness (QED) is 0.781. The number of benzene rings is 2. The number of fused-ring (bicyclic) bond motifs is 1. The van der Waals surface area contributed by atoms with Crippen molar-refractivity contribution >= 4 is 16.7 Å². The number of β-amino-alcohol motifs (C(OH)–C–C–N with tert-alkyl or cyclic N) is 1. The Hall–Kier alpha value is -2.79. The van der Waals surface area contributed by atoms with Gasteiger partial charge < -0.3 is 10.0 Å². The number of nitrogens with zero attached hydrogens (tertiary/aromatic N) is 2. The second-order valence-electron chi connectivity index (χ2n) is 6.32. The monoisotopic (exact) mass is 336 g/mol. The summed E-state index contributed by atoms with van der Waals surface area (Å²) in [5.74, 6) is -0.492. The Kier molecular flexibility index (Phi) is 3.93. The average Bonchev–Trinajstić information content (AvgIpc) is 3.03. The number of aliphatic hydroxyl groups excluding tert-OH is 1. The van der Waals surface area contributed by atoms with E-state index < -0.39 is 6.10 Å². The lowest BCUT2D eigenvalue weighted by atomic mass is 10.0. The van der Waals surface area contributed by atoms with Gasteiger partial charge in [-0.1, -0.05) is 36.4 Å². The SMILES string of the molecule is O=C(c1cncc2ccccc12)N1CC(O)CC1c1ccc(F)cc1. The highest BCUT2D eigenvalue weighted by Gasteiger charge is 2.36. The molecule has 1 aliphatic rings. The molecule has 1 saturated heterocycles. The molecule has 0 saturated carbocycles. The standard InChI is InChI=1S/C20H17FN2O2/c21-15-7-5-13(6-8-15)19-9-16(24)12-23(19)20(25)18-11-22-10-14-3-1-2-4-17(14)18/h1-8,10-11,16,19,24H,9,12H2. The van der Waals surface area contributed by atoms with Gasteiger partial charge in [0.05, 0.1) is 17.7 Å². The molecule has 5 heteroatoms. The van der Waals surface area contributed by atoms with Crippen LogP contribution in [0.4, 0.5) is 4.39 Å². The van der Waals surface area contributed by atoms with Gasteiger partial charge in [0.2, 0.25) is 0 Å². The van der Waals surface area contributed by atoms with Gasteiger partial charge in [-0.05, 0) is 29.5 Å². The summed E-state index contributed by atoms with van der Waals surface area (Å²) < 4.78 is 13.2. The molecule has 2 heterocycles. The Morgan fingerprint density at radius 1 is 1.12 bits per heavy atom. The van der Waals surface area contributed by atoms with Crippen molar-refractivity contribution < 1.29 is 14.3 Å². The number of amides is 1. The van der Waals surface area contributed by atoms with Crippen LogP contribution in [0.2, 0.25) is 0 Å². The fourth-order valence-corrected chi connectivity index (χ4v) is 3.48. The number of hydrogen-bond acceptors (Lipinski definition) is 3. The highest BCUT2D eigenvalue weighted by molar-refractivity contribution is 6.06. The van der Waals surface area contributed by atoms with E-state index in [-0.39, 0.29) is 24.3 Å². The summed E-state index contributed by atoms with van der Waals surface area (Å²) in [6, 6.07) is 13.4. The van der Waals surface area contributed by atoms with E-state index in [1.165, 1.54) is 12.1 Å². The van der Waals surface area contributed by atoms with Crippen LogP contribution >= 0.6 is 0 Å². The Morgan fingerprint density at radius 3 is 2.68 bits per heavy atom. The first-order valence-corrected chi connectivity index (χ1v) is 8.21. The number of carbonyl (C=O) groups excluding carboxylic acids is 1. The number of aliphatic hydroxyl groups is 1. The fourth-order valence-electron chi connectivity index (χ4n) is 3.48. The maximum Gasteiger partial charge on any atom is 0.256 e. The molecule has 2 aromatic carbocycles. The smallest absolute Gasteiger partial charge is 0.256 e. The first-order valence-electron chi connectivity index (χ1n) is 8.21. The molecular formula is C20H17FN2O2. The molecular weight excluding hydrogens is 319 g/mol. The van der Waals surface area contributed by atoms with E-state index in [2.05, 4.69) is 4.98 Å². The van der Waals surface area contributed by atoms with Crippen molar-refractivity contribution in [2.75, 3.05) is 6.54 Å². The predicted molar refractivity (Wildman–Crippen MR) is 92.5 cm³/mol. The Balaban J connectivity index is 1.73. The maximum atomic E-state index is 13.2. The molecule has 1 amide bonds. The van der Waals surface area contributed by atoms with Crippen molar-refractivity contribution in [3.63, 3.8) is 0 Å². The number of carbonyl (C=O) groups is 1. The highest BCUT2D eigenvalue weighted by Crippen LogP contribution is 2.34. The first-order chi connectivity index (χ1) is 12.1. The molecule has 1 fully saturated rings. The minimum atomic E-state index is -0.595. The van der Waals surface area contributed by atoms with Crippen molar-refractivity contribution in [2.24, 2.45) is 0 Å². The first kappa shape index (κ1) is 15.7. The van der Waals surface area contributed by atoms with Crippen LogP contribution in [0, 0.1) is 5.82 Å². The summed E-state index contributed by atoms with van der Waals surface area (Å²) in [4.78, 5) is 19.0. The second-order valence-corrected chi connectivity index (χ2v) is 6.32. The van der Waals surface area contributed by atoms with Crippen molar-refractivity contribution in [2.45, 2.75) is 18.6 Å². The molecule has 126 valence electrons. The van der Waals surface area contributed by atoms with Gasteiger partial charge in [0.15, 0.2) is 0 Å². The molecule has 1 N–H and O–H groups in total. The Bertz CT molecular complexity index is 921. The van der Waals surface area contributed by atoms with E-state index in [9.17, 15) is 14.3 Å². The molecule has 2 atom stereocenters. The molecule has 2 unspecified atom stereocenters. The van der Waals surface area contributed by atoms with Crippen molar-refractivity contribution in [1.29, 1.82) is 0 Å². The third-order valence-electron chi connectivity index (χ3n) is 4.69. The zero-order valence-electron chi connectivity index (χ0n) is 13.5. The van der Waals surface area contributed by atoms with Gasteiger partial charge in [-0.3, -0.25) is 9.78 Å². The molecule has 4 rings (SSSR count). The highest BCUT2D eigenvalue weighted by atomic mass is 19.1. The van der Waals surface area contributed by atoms with Gasteiger partial charge in [-0.2, -0.15) is 0 Å². The van der Waals surface area contributed by atoms with Crippen molar-refractivity contribution in [3.8, 4) is 0 Å². The van der Waals surface area contributed by atoms with Crippen LogP contribution in [0.25, 0.3) is 10.8 Å². The molecule has 0 bridgehead atoms. The van der Waals surface area contributed by atoms with E-state index >= 15 is 0 Å². The van der Waals surface area contributed by atoms with Crippen molar-refractivity contribution in [3.05, 3.63) is 77.9 Å². The number of hydrogen-bond donors (Lipinski definition) is 1.